The number of nitro groups is 1. The SMILES string of the molecule is CC1CCc2c(sc(NC(=O)c3sc4cccc([N+](=O)[O-])c4c3Cl)c2C#N)C1. The van der Waals surface area contributed by atoms with Crippen LogP contribution in [0.25, 0.3) is 10.1 Å². The van der Waals surface area contributed by atoms with Crippen LogP contribution in [0.2, 0.25) is 5.02 Å². The Labute approximate surface area is 173 Å². The van der Waals surface area contributed by atoms with Crippen LogP contribution >= 0.6 is 34.3 Å². The number of nitrogens with zero attached hydrogens (tertiary/aromatic N) is 2. The summed E-state index contributed by atoms with van der Waals surface area (Å²) in [5.41, 5.74) is 1.42. The number of halogens is 1. The summed E-state index contributed by atoms with van der Waals surface area (Å²) in [5.74, 6) is 0.0995. The van der Waals surface area contributed by atoms with Gasteiger partial charge in [0.1, 0.15) is 15.9 Å². The molecular weight excluding hydrogens is 418 g/mol. The molecule has 1 amide bonds. The number of carbonyl (C=O) groups is 1. The Kier molecular flexibility index (Phi) is 4.83. The Morgan fingerprint density at radius 1 is 1.43 bits per heavy atom. The number of hydrogen-bond donors (Lipinski definition) is 1. The van der Waals surface area contributed by atoms with Crippen molar-refractivity contribution in [2.24, 2.45) is 5.92 Å². The maximum absolute atomic E-state index is 12.9. The molecule has 142 valence electrons. The van der Waals surface area contributed by atoms with Gasteiger partial charge in [-0.3, -0.25) is 14.9 Å². The number of amides is 1. The Balaban J connectivity index is 1.72. The van der Waals surface area contributed by atoms with Crippen LogP contribution in [-0.4, -0.2) is 10.8 Å². The number of non-ortho nitro benzene ring substituents is 1. The van der Waals surface area contributed by atoms with Crippen molar-refractivity contribution >= 4 is 61.0 Å². The lowest BCUT2D eigenvalue weighted by molar-refractivity contribution is -0.383. The quantitative estimate of drug-likeness (QED) is 0.420. The Hall–Kier alpha value is -2.47. The number of nitro benzene ring substituents is 1. The topological polar surface area (TPSA) is 96.0 Å². The third-order valence-corrected chi connectivity index (χ3v) is 7.70. The van der Waals surface area contributed by atoms with E-state index >= 15 is 0 Å². The first-order valence-electron chi connectivity index (χ1n) is 8.62. The standard InChI is InChI=1S/C19H14ClN3O3S2/c1-9-5-6-10-11(8-21)19(28-14(10)7-9)22-18(24)17-16(20)15-12(23(25)26)3-2-4-13(15)27-17/h2-4,9H,5-7H2,1H3,(H,22,24). The lowest BCUT2D eigenvalue weighted by Crippen LogP contribution is -2.11. The smallest absolute Gasteiger partial charge is 0.279 e. The van der Waals surface area contributed by atoms with E-state index in [4.69, 9.17) is 11.6 Å². The number of anilines is 1. The van der Waals surface area contributed by atoms with E-state index in [0.29, 0.717) is 21.2 Å². The van der Waals surface area contributed by atoms with Gasteiger partial charge in [0.25, 0.3) is 11.6 Å². The summed E-state index contributed by atoms with van der Waals surface area (Å²) in [6, 6.07) is 6.85. The van der Waals surface area contributed by atoms with Crippen molar-refractivity contribution in [2.75, 3.05) is 5.32 Å². The molecule has 2 heterocycles. The molecule has 1 aliphatic carbocycles. The minimum Gasteiger partial charge on any atom is -0.312 e. The minimum absolute atomic E-state index is 0.0678. The Bertz CT molecular complexity index is 1180. The summed E-state index contributed by atoms with van der Waals surface area (Å²) in [6.45, 7) is 2.18. The first-order valence-corrected chi connectivity index (χ1v) is 10.6. The molecule has 0 spiro atoms. The second-order valence-corrected chi connectivity index (χ2v) is 9.31. The fourth-order valence-corrected chi connectivity index (χ4v) is 6.33. The van der Waals surface area contributed by atoms with Crippen LogP contribution in [-0.2, 0) is 12.8 Å². The summed E-state index contributed by atoms with van der Waals surface area (Å²) in [6.07, 6.45) is 2.76. The molecule has 28 heavy (non-hydrogen) atoms. The van der Waals surface area contributed by atoms with Gasteiger partial charge in [-0.05, 0) is 36.8 Å². The van der Waals surface area contributed by atoms with Crippen LogP contribution in [0, 0.1) is 27.4 Å². The van der Waals surface area contributed by atoms with Crippen molar-refractivity contribution in [3.05, 3.63) is 54.2 Å². The van der Waals surface area contributed by atoms with E-state index in [0.717, 1.165) is 41.0 Å². The molecule has 6 nitrogen and oxygen atoms in total. The number of rotatable bonds is 3. The molecule has 0 fully saturated rings. The minimum atomic E-state index is -0.509. The molecule has 1 aliphatic rings. The molecule has 0 aliphatic heterocycles. The summed E-state index contributed by atoms with van der Waals surface area (Å²) < 4.78 is 0.573. The maximum atomic E-state index is 12.9. The van der Waals surface area contributed by atoms with Crippen LogP contribution in [0.3, 0.4) is 0 Å². The average molecular weight is 432 g/mol. The third kappa shape index (κ3) is 3.05. The van der Waals surface area contributed by atoms with Gasteiger partial charge < -0.3 is 5.32 Å². The molecule has 1 unspecified atom stereocenters. The average Bonchev–Trinajstić information content (AvgIpc) is 3.18. The molecule has 3 aromatic rings. The van der Waals surface area contributed by atoms with Gasteiger partial charge in [-0.1, -0.05) is 24.6 Å². The molecule has 9 heteroatoms. The normalized spacial score (nSPS) is 15.8. The van der Waals surface area contributed by atoms with E-state index < -0.39 is 10.8 Å². The largest absolute Gasteiger partial charge is 0.312 e. The highest BCUT2D eigenvalue weighted by molar-refractivity contribution is 7.22. The first-order chi connectivity index (χ1) is 13.4. The molecule has 0 saturated carbocycles. The van der Waals surface area contributed by atoms with Gasteiger partial charge >= 0.3 is 0 Å². The number of benzene rings is 1. The molecular formula is C19H14ClN3O3S2. The molecule has 1 N–H and O–H groups in total. The summed E-state index contributed by atoms with van der Waals surface area (Å²) in [4.78, 5) is 25.0. The molecule has 0 saturated heterocycles. The summed E-state index contributed by atoms with van der Waals surface area (Å²) in [5, 5.41) is 24.5. The summed E-state index contributed by atoms with van der Waals surface area (Å²) >= 11 is 8.88. The van der Waals surface area contributed by atoms with Crippen molar-refractivity contribution in [1.29, 1.82) is 5.26 Å². The maximum Gasteiger partial charge on any atom is 0.279 e. The number of hydrogen-bond acceptors (Lipinski definition) is 6. The number of fused-ring (bicyclic) bond motifs is 2. The monoisotopic (exact) mass is 431 g/mol. The lowest BCUT2D eigenvalue weighted by Gasteiger charge is -2.17. The van der Waals surface area contributed by atoms with Crippen LogP contribution in [0.15, 0.2) is 18.2 Å². The van der Waals surface area contributed by atoms with Crippen molar-refractivity contribution in [3.63, 3.8) is 0 Å². The zero-order valence-corrected chi connectivity index (χ0v) is 17.1. The fourth-order valence-electron chi connectivity index (χ4n) is 3.51. The van der Waals surface area contributed by atoms with Gasteiger partial charge in [-0.2, -0.15) is 5.26 Å². The van der Waals surface area contributed by atoms with Crippen molar-refractivity contribution in [3.8, 4) is 6.07 Å². The van der Waals surface area contributed by atoms with Crippen LogP contribution < -0.4 is 5.32 Å². The Morgan fingerprint density at radius 2 is 2.21 bits per heavy atom. The van der Waals surface area contributed by atoms with Gasteiger partial charge in [0.05, 0.1) is 20.9 Å². The number of nitriles is 1. The van der Waals surface area contributed by atoms with Crippen molar-refractivity contribution in [2.45, 2.75) is 26.2 Å². The second-order valence-electron chi connectivity index (χ2n) is 6.77. The van der Waals surface area contributed by atoms with E-state index in [1.54, 1.807) is 12.1 Å². The van der Waals surface area contributed by atoms with Gasteiger partial charge in [-0.15, -0.1) is 22.7 Å². The van der Waals surface area contributed by atoms with E-state index in [-0.39, 0.29) is 21.0 Å². The zero-order chi connectivity index (χ0) is 20.0. The first kappa shape index (κ1) is 18.9. The number of thiophene rings is 2. The van der Waals surface area contributed by atoms with E-state index in [1.165, 1.54) is 17.4 Å². The highest BCUT2D eigenvalue weighted by Gasteiger charge is 2.27. The molecule has 4 rings (SSSR count). The van der Waals surface area contributed by atoms with Crippen LogP contribution in [0.5, 0.6) is 0 Å². The van der Waals surface area contributed by atoms with E-state index in [2.05, 4.69) is 18.3 Å². The van der Waals surface area contributed by atoms with Gasteiger partial charge in [0.2, 0.25) is 0 Å². The summed E-state index contributed by atoms with van der Waals surface area (Å²) in [7, 11) is 0. The van der Waals surface area contributed by atoms with Crippen LogP contribution in [0.1, 0.15) is 39.0 Å². The molecule has 1 atom stereocenters. The zero-order valence-electron chi connectivity index (χ0n) is 14.7. The van der Waals surface area contributed by atoms with Gasteiger partial charge in [0.15, 0.2) is 0 Å². The molecule has 2 aromatic heterocycles. The number of carbonyl (C=O) groups excluding carboxylic acids is 1. The third-order valence-electron chi connectivity index (χ3n) is 4.89. The highest BCUT2D eigenvalue weighted by atomic mass is 35.5. The predicted molar refractivity (Wildman–Crippen MR) is 112 cm³/mol. The van der Waals surface area contributed by atoms with Crippen molar-refractivity contribution in [1.82, 2.24) is 0 Å². The molecule has 1 aromatic carbocycles. The van der Waals surface area contributed by atoms with Gasteiger partial charge in [0, 0.05) is 15.6 Å². The fraction of sp³-hybridized carbons (Fsp3) is 0.263. The van der Waals surface area contributed by atoms with E-state index in [1.807, 2.05) is 0 Å². The van der Waals surface area contributed by atoms with E-state index in [9.17, 15) is 20.2 Å². The predicted octanol–water partition coefficient (Wildman–Crippen LogP) is 5.77. The van der Waals surface area contributed by atoms with Gasteiger partial charge in [-0.25, -0.2) is 0 Å². The lowest BCUT2D eigenvalue weighted by atomic mass is 9.89. The number of nitrogens with one attached hydrogen (secondary N) is 1. The van der Waals surface area contributed by atoms with Crippen LogP contribution in [0.4, 0.5) is 10.7 Å². The molecule has 0 bridgehead atoms. The van der Waals surface area contributed by atoms with Crippen molar-refractivity contribution < 1.29 is 9.72 Å². The second kappa shape index (κ2) is 7.17. The Morgan fingerprint density at radius 3 is 2.93 bits per heavy atom. The molecule has 0 radical (unpaired) electrons. The highest BCUT2D eigenvalue weighted by Crippen LogP contribution is 2.42.